The summed E-state index contributed by atoms with van der Waals surface area (Å²) in [6.07, 6.45) is -1.05. The number of amides is 3. The van der Waals surface area contributed by atoms with Crippen LogP contribution in [0.5, 0.6) is 0 Å². The minimum absolute atomic E-state index is 0.204. The van der Waals surface area contributed by atoms with Crippen LogP contribution in [-0.2, 0) is 14.3 Å². The first-order chi connectivity index (χ1) is 9.35. The Kier molecular flexibility index (Phi) is 4.89. The summed E-state index contributed by atoms with van der Waals surface area (Å²) in [5.41, 5.74) is 2.58. The third kappa shape index (κ3) is 3.86. The van der Waals surface area contributed by atoms with E-state index in [1.807, 2.05) is 0 Å². The molecule has 0 heterocycles. The van der Waals surface area contributed by atoms with Gasteiger partial charge in [-0.3, -0.25) is 15.0 Å². The molecular weight excluding hydrogens is 283 g/mol. The van der Waals surface area contributed by atoms with Gasteiger partial charge in [0.25, 0.3) is 0 Å². The highest BCUT2D eigenvalue weighted by Crippen LogP contribution is 2.18. The van der Waals surface area contributed by atoms with E-state index in [9.17, 15) is 27.6 Å². The summed E-state index contributed by atoms with van der Waals surface area (Å²) in [7, 11) is 1.01. The Morgan fingerprint density at radius 3 is 2.15 bits per heavy atom. The first-order valence-electron chi connectivity index (χ1n) is 4.95. The predicted octanol–water partition coefficient (Wildman–Crippen LogP) is 0.430. The van der Waals surface area contributed by atoms with Gasteiger partial charge in [0.15, 0.2) is 11.6 Å². The third-order valence-corrected chi connectivity index (χ3v) is 1.93. The van der Waals surface area contributed by atoms with Crippen molar-refractivity contribution in [2.45, 2.75) is 0 Å². The Morgan fingerprint density at radius 1 is 0.950 bits per heavy atom. The average Bonchev–Trinajstić information content (AvgIpc) is 2.41. The molecule has 108 valence electrons. The van der Waals surface area contributed by atoms with Crippen molar-refractivity contribution in [2.24, 2.45) is 0 Å². The lowest BCUT2D eigenvalue weighted by atomic mass is 10.3. The molecule has 0 unspecified atom stereocenters. The van der Waals surface area contributed by atoms with Crippen LogP contribution in [0.4, 0.5) is 23.7 Å². The molecule has 0 bridgehead atoms. The van der Waals surface area contributed by atoms with E-state index in [0.717, 1.165) is 7.11 Å². The highest BCUT2D eigenvalue weighted by atomic mass is 19.2. The van der Waals surface area contributed by atoms with Crippen LogP contribution in [0.1, 0.15) is 0 Å². The van der Waals surface area contributed by atoms with E-state index in [0.29, 0.717) is 6.07 Å². The summed E-state index contributed by atoms with van der Waals surface area (Å²) in [6.45, 7) is 0. The highest BCUT2D eigenvalue weighted by molar-refractivity contribution is 6.39. The molecule has 0 saturated heterocycles. The van der Waals surface area contributed by atoms with E-state index in [1.54, 1.807) is 16.2 Å². The zero-order valence-corrected chi connectivity index (χ0v) is 9.92. The number of anilines is 1. The van der Waals surface area contributed by atoms with Crippen molar-refractivity contribution in [1.82, 2.24) is 10.9 Å². The second-order valence-electron chi connectivity index (χ2n) is 3.27. The Labute approximate surface area is 110 Å². The first-order valence-corrected chi connectivity index (χ1v) is 4.95. The molecule has 0 radical (unpaired) electrons. The third-order valence-electron chi connectivity index (χ3n) is 1.93. The molecule has 0 aliphatic rings. The number of hydrogen-bond donors (Lipinski definition) is 3. The summed E-state index contributed by atoms with van der Waals surface area (Å²) in [6, 6.07) is 0.569. The standard InChI is InChI=1S/C10H8F3N3O4/c1-20-10(19)16-15-9(18)8(17)14-7-3-5(12)4(11)2-6(7)13/h2-3H,1H3,(H,14,17)(H,15,18)(H,16,19). The topological polar surface area (TPSA) is 96.5 Å². The van der Waals surface area contributed by atoms with Crippen LogP contribution in [-0.4, -0.2) is 25.0 Å². The summed E-state index contributed by atoms with van der Waals surface area (Å²) in [4.78, 5) is 33.0. The van der Waals surface area contributed by atoms with Crippen LogP contribution >= 0.6 is 0 Å². The second-order valence-corrected chi connectivity index (χ2v) is 3.27. The number of benzene rings is 1. The Balaban J connectivity index is 2.69. The summed E-state index contributed by atoms with van der Waals surface area (Å²) >= 11 is 0. The molecule has 0 fully saturated rings. The maximum absolute atomic E-state index is 13.2. The Hall–Kier alpha value is -2.78. The van der Waals surface area contributed by atoms with Gasteiger partial charge in [0.05, 0.1) is 12.8 Å². The molecule has 3 amide bonds. The molecule has 0 aliphatic carbocycles. The zero-order valence-electron chi connectivity index (χ0n) is 9.92. The van der Waals surface area contributed by atoms with Gasteiger partial charge in [0, 0.05) is 12.1 Å². The van der Waals surface area contributed by atoms with Gasteiger partial charge in [-0.1, -0.05) is 0 Å². The highest BCUT2D eigenvalue weighted by Gasteiger charge is 2.18. The molecule has 7 nitrogen and oxygen atoms in total. The van der Waals surface area contributed by atoms with Crippen molar-refractivity contribution in [2.75, 3.05) is 12.4 Å². The van der Waals surface area contributed by atoms with Gasteiger partial charge >= 0.3 is 17.9 Å². The fourth-order valence-electron chi connectivity index (χ4n) is 1.01. The molecule has 10 heteroatoms. The van der Waals surface area contributed by atoms with Crippen LogP contribution in [0.2, 0.25) is 0 Å². The lowest BCUT2D eigenvalue weighted by Gasteiger charge is -2.08. The fraction of sp³-hybridized carbons (Fsp3) is 0.100. The number of ether oxygens (including phenoxy) is 1. The molecule has 0 saturated carbocycles. The van der Waals surface area contributed by atoms with Crippen LogP contribution in [0.3, 0.4) is 0 Å². The van der Waals surface area contributed by atoms with Crippen molar-refractivity contribution >= 4 is 23.6 Å². The smallest absolute Gasteiger partial charge is 0.425 e. The molecule has 3 N–H and O–H groups in total. The lowest BCUT2D eigenvalue weighted by Crippen LogP contribution is -2.46. The van der Waals surface area contributed by atoms with Gasteiger partial charge in [-0.15, -0.1) is 0 Å². The lowest BCUT2D eigenvalue weighted by molar-refractivity contribution is -0.136. The maximum Gasteiger partial charge on any atom is 0.425 e. The van der Waals surface area contributed by atoms with E-state index >= 15 is 0 Å². The maximum atomic E-state index is 13.2. The molecule has 0 spiro atoms. The van der Waals surface area contributed by atoms with Crippen LogP contribution in [0, 0.1) is 17.5 Å². The molecule has 1 rings (SSSR count). The minimum atomic E-state index is -1.45. The van der Waals surface area contributed by atoms with Gasteiger partial charge in [0.2, 0.25) is 0 Å². The Bertz CT molecular complexity index is 565. The summed E-state index contributed by atoms with van der Waals surface area (Å²) in [5, 5.41) is 1.70. The minimum Gasteiger partial charge on any atom is -0.452 e. The van der Waals surface area contributed by atoms with E-state index < -0.39 is 41.0 Å². The fourth-order valence-corrected chi connectivity index (χ4v) is 1.01. The molecule has 0 aliphatic heterocycles. The van der Waals surface area contributed by atoms with Crippen molar-refractivity contribution < 1.29 is 32.3 Å². The second kappa shape index (κ2) is 6.41. The molecule has 0 aromatic heterocycles. The van der Waals surface area contributed by atoms with Gasteiger partial charge in [-0.25, -0.2) is 23.4 Å². The number of methoxy groups -OCH3 is 1. The normalized spacial score (nSPS) is 9.60. The summed E-state index contributed by atoms with van der Waals surface area (Å²) in [5.74, 6) is -6.91. The molecule has 0 atom stereocenters. The largest absolute Gasteiger partial charge is 0.452 e. The quantitative estimate of drug-likeness (QED) is 0.397. The van der Waals surface area contributed by atoms with E-state index in [-0.39, 0.29) is 6.07 Å². The van der Waals surface area contributed by atoms with Crippen LogP contribution in [0.15, 0.2) is 12.1 Å². The van der Waals surface area contributed by atoms with Gasteiger partial charge in [0.1, 0.15) is 5.82 Å². The van der Waals surface area contributed by atoms with Gasteiger partial charge in [-0.2, -0.15) is 0 Å². The van der Waals surface area contributed by atoms with E-state index in [4.69, 9.17) is 0 Å². The number of rotatable bonds is 1. The number of carbonyl (C=O) groups excluding carboxylic acids is 3. The molecule has 20 heavy (non-hydrogen) atoms. The van der Waals surface area contributed by atoms with Crippen molar-refractivity contribution in [3.8, 4) is 0 Å². The first kappa shape index (κ1) is 15.3. The number of hydrazine groups is 1. The van der Waals surface area contributed by atoms with Crippen molar-refractivity contribution in [1.29, 1.82) is 0 Å². The molecular formula is C10H8F3N3O4. The van der Waals surface area contributed by atoms with E-state index in [2.05, 4.69) is 4.74 Å². The zero-order chi connectivity index (χ0) is 15.3. The molecule has 1 aromatic rings. The van der Waals surface area contributed by atoms with Crippen LogP contribution in [0.25, 0.3) is 0 Å². The summed E-state index contributed by atoms with van der Waals surface area (Å²) < 4.78 is 42.8. The van der Waals surface area contributed by atoms with Crippen molar-refractivity contribution in [3.05, 3.63) is 29.6 Å². The SMILES string of the molecule is COC(=O)NNC(=O)C(=O)Nc1cc(F)c(F)cc1F. The Morgan fingerprint density at radius 2 is 1.55 bits per heavy atom. The molecule has 1 aromatic carbocycles. The number of nitrogens with one attached hydrogen (secondary N) is 3. The van der Waals surface area contributed by atoms with E-state index in [1.165, 1.54) is 0 Å². The van der Waals surface area contributed by atoms with Gasteiger partial charge < -0.3 is 10.1 Å². The van der Waals surface area contributed by atoms with Crippen molar-refractivity contribution in [3.63, 3.8) is 0 Å². The number of hydrogen-bond acceptors (Lipinski definition) is 4. The van der Waals surface area contributed by atoms with Gasteiger partial charge in [-0.05, 0) is 0 Å². The number of halogens is 3. The average molecular weight is 291 g/mol. The number of carbonyl (C=O) groups is 3. The van der Waals surface area contributed by atoms with Crippen LogP contribution < -0.4 is 16.2 Å². The predicted molar refractivity (Wildman–Crippen MR) is 58.6 cm³/mol. The monoisotopic (exact) mass is 291 g/mol.